The number of nitrogens with one attached hydrogen (secondary N) is 2. The molecule has 168 valence electrons. The molecule has 1 unspecified atom stereocenters. The molecule has 0 aromatic heterocycles. The van der Waals surface area contributed by atoms with Gasteiger partial charge < -0.3 is 25.0 Å². The number of hydrogen-bond donors (Lipinski definition) is 2. The molecule has 2 aromatic rings. The smallest absolute Gasteiger partial charge is 0.338 e. The zero-order chi connectivity index (χ0) is 22.7. The molecule has 0 saturated heterocycles. The molecule has 2 N–H and O–H groups in total. The lowest BCUT2D eigenvalue weighted by Gasteiger charge is -2.35. The minimum absolute atomic E-state index is 0.183. The summed E-state index contributed by atoms with van der Waals surface area (Å²) >= 11 is 0. The maximum Gasteiger partial charge on any atom is 0.338 e. The molecule has 0 radical (unpaired) electrons. The number of para-hydroxylation sites is 1. The van der Waals surface area contributed by atoms with E-state index in [2.05, 4.69) is 10.6 Å². The van der Waals surface area contributed by atoms with Crippen LogP contribution in [-0.2, 0) is 16.0 Å². The van der Waals surface area contributed by atoms with Crippen LogP contribution >= 0.6 is 0 Å². The third-order valence-corrected chi connectivity index (χ3v) is 5.71. The number of esters is 1. The molecule has 4 rings (SSSR count). The highest BCUT2D eigenvalue weighted by Gasteiger charge is 2.35. The number of benzene rings is 2. The molecule has 0 fully saturated rings. The SMILES string of the molecule is CCOC(=O)C1=C(CN2CCCc3cccc(F)c32)NC(=O)NC1c1ccc(OC)cc1. The van der Waals surface area contributed by atoms with Gasteiger partial charge in [0.25, 0.3) is 0 Å². The number of carbonyl (C=O) groups excluding carboxylic acids is 2. The van der Waals surface area contributed by atoms with Crippen LogP contribution in [0, 0.1) is 5.82 Å². The van der Waals surface area contributed by atoms with Gasteiger partial charge in [0.15, 0.2) is 0 Å². The average Bonchev–Trinajstić information content (AvgIpc) is 2.79. The lowest BCUT2D eigenvalue weighted by molar-refractivity contribution is -0.139. The zero-order valence-electron chi connectivity index (χ0n) is 18.1. The van der Waals surface area contributed by atoms with E-state index in [0.717, 1.165) is 18.4 Å². The molecule has 2 amide bonds. The molecule has 8 heteroatoms. The molecule has 7 nitrogen and oxygen atoms in total. The maximum absolute atomic E-state index is 14.7. The second kappa shape index (κ2) is 9.30. The molecule has 2 heterocycles. The second-order valence-electron chi connectivity index (χ2n) is 7.69. The molecule has 32 heavy (non-hydrogen) atoms. The van der Waals surface area contributed by atoms with Crippen molar-refractivity contribution in [2.75, 3.05) is 31.7 Å². The summed E-state index contributed by atoms with van der Waals surface area (Å²) < 4.78 is 25.2. The van der Waals surface area contributed by atoms with Crippen LogP contribution in [0.4, 0.5) is 14.9 Å². The van der Waals surface area contributed by atoms with E-state index in [1.807, 2.05) is 11.0 Å². The maximum atomic E-state index is 14.7. The van der Waals surface area contributed by atoms with Crippen LogP contribution in [0.1, 0.15) is 30.5 Å². The molecule has 2 aliphatic rings. The van der Waals surface area contributed by atoms with Gasteiger partial charge >= 0.3 is 12.0 Å². The standard InChI is InChI=1S/C24H26FN3O4/c1-3-32-23(29)20-19(14-28-13-5-7-16-6-4-8-18(25)22(16)28)26-24(30)27-21(20)15-9-11-17(31-2)12-10-15/h4,6,8-12,21H,3,5,7,13-14H2,1-2H3,(H2,26,27,30). The van der Waals surface area contributed by atoms with E-state index in [1.165, 1.54) is 6.07 Å². The number of methoxy groups -OCH3 is 1. The topological polar surface area (TPSA) is 79.9 Å². The Balaban J connectivity index is 1.76. The van der Waals surface area contributed by atoms with E-state index in [4.69, 9.17) is 9.47 Å². The van der Waals surface area contributed by atoms with E-state index in [1.54, 1.807) is 44.4 Å². The van der Waals surface area contributed by atoms with Crippen molar-refractivity contribution in [3.63, 3.8) is 0 Å². The molecule has 1 atom stereocenters. The number of ether oxygens (including phenoxy) is 2. The van der Waals surface area contributed by atoms with Crippen LogP contribution in [0.25, 0.3) is 0 Å². The van der Waals surface area contributed by atoms with Crippen molar-refractivity contribution in [1.82, 2.24) is 10.6 Å². The van der Waals surface area contributed by atoms with Crippen LogP contribution in [0.5, 0.6) is 5.75 Å². The number of rotatable bonds is 6. The van der Waals surface area contributed by atoms with Gasteiger partial charge in [-0.2, -0.15) is 0 Å². The number of urea groups is 1. The van der Waals surface area contributed by atoms with Gasteiger partial charge in [-0.25, -0.2) is 14.0 Å². The lowest BCUT2D eigenvalue weighted by Crippen LogP contribution is -2.49. The van der Waals surface area contributed by atoms with Gasteiger partial charge in [-0.05, 0) is 49.1 Å². The summed E-state index contributed by atoms with van der Waals surface area (Å²) in [7, 11) is 1.57. The first-order valence-corrected chi connectivity index (χ1v) is 10.7. The summed E-state index contributed by atoms with van der Waals surface area (Å²) in [4.78, 5) is 27.4. The number of amides is 2. The van der Waals surface area contributed by atoms with Gasteiger partial charge in [-0.3, -0.25) is 0 Å². The number of anilines is 1. The van der Waals surface area contributed by atoms with Crippen LogP contribution in [0.15, 0.2) is 53.7 Å². The fourth-order valence-electron chi connectivity index (χ4n) is 4.28. The van der Waals surface area contributed by atoms with Crippen LogP contribution in [-0.4, -0.2) is 38.8 Å². The van der Waals surface area contributed by atoms with E-state index >= 15 is 0 Å². The predicted molar refractivity (Wildman–Crippen MR) is 118 cm³/mol. The Morgan fingerprint density at radius 1 is 1.22 bits per heavy atom. The van der Waals surface area contributed by atoms with Gasteiger partial charge in [0.1, 0.15) is 11.6 Å². The molecule has 0 aliphatic carbocycles. The Morgan fingerprint density at radius 3 is 2.72 bits per heavy atom. The largest absolute Gasteiger partial charge is 0.497 e. The second-order valence-corrected chi connectivity index (χ2v) is 7.69. The molecule has 0 saturated carbocycles. The Bertz CT molecular complexity index is 1050. The fraction of sp³-hybridized carbons (Fsp3) is 0.333. The van der Waals surface area contributed by atoms with Crippen molar-refractivity contribution in [3.05, 3.63) is 70.7 Å². The number of fused-ring (bicyclic) bond motifs is 1. The highest BCUT2D eigenvalue weighted by atomic mass is 19.1. The molecule has 0 spiro atoms. The molecule has 0 bridgehead atoms. The van der Waals surface area contributed by atoms with Crippen molar-refractivity contribution in [1.29, 1.82) is 0 Å². The Kier molecular flexibility index (Phi) is 6.30. The predicted octanol–water partition coefficient (Wildman–Crippen LogP) is 3.46. The summed E-state index contributed by atoms with van der Waals surface area (Å²) in [5, 5.41) is 5.58. The molecule has 2 aromatic carbocycles. The highest BCUT2D eigenvalue weighted by Crippen LogP contribution is 2.33. The minimum atomic E-state index is -0.700. The van der Waals surface area contributed by atoms with Crippen LogP contribution in [0.3, 0.4) is 0 Å². The Morgan fingerprint density at radius 2 is 2.00 bits per heavy atom. The van der Waals surface area contributed by atoms with Gasteiger partial charge in [0, 0.05) is 6.54 Å². The minimum Gasteiger partial charge on any atom is -0.497 e. The lowest BCUT2D eigenvalue weighted by atomic mass is 9.94. The number of carbonyl (C=O) groups is 2. The molecular weight excluding hydrogens is 413 g/mol. The summed E-state index contributed by atoms with van der Waals surface area (Å²) in [6, 6.07) is 11.0. The highest BCUT2D eigenvalue weighted by molar-refractivity contribution is 5.95. The van der Waals surface area contributed by atoms with Gasteiger partial charge in [-0.1, -0.05) is 24.3 Å². The van der Waals surface area contributed by atoms with Gasteiger partial charge in [0.2, 0.25) is 0 Å². The number of halogens is 1. The quantitative estimate of drug-likeness (QED) is 0.674. The average molecular weight is 439 g/mol. The summed E-state index contributed by atoms with van der Waals surface area (Å²) in [6.07, 6.45) is 1.64. The number of nitrogens with zero attached hydrogens (tertiary/aromatic N) is 1. The monoisotopic (exact) mass is 439 g/mol. The number of aryl methyl sites for hydroxylation is 1. The van der Waals surface area contributed by atoms with Gasteiger partial charge in [0.05, 0.1) is 43.3 Å². The van der Waals surface area contributed by atoms with Crippen LogP contribution < -0.4 is 20.3 Å². The van der Waals surface area contributed by atoms with Gasteiger partial charge in [-0.15, -0.1) is 0 Å². The van der Waals surface area contributed by atoms with Crippen molar-refractivity contribution in [2.24, 2.45) is 0 Å². The third-order valence-electron chi connectivity index (χ3n) is 5.71. The van der Waals surface area contributed by atoms with Crippen molar-refractivity contribution in [2.45, 2.75) is 25.8 Å². The fourth-order valence-corrected chi connectivity index (χ4v) is 4.28. The first kappa shape index (κ1) is 21.7. The zero-order valence-corrected chi connectivity index (χ0v) is 18.1. The van der Waals surface area contributed by atoms with Crippen molar-refractivity contribution >= 4 is 17.7 Å². The van der Waals surface area contributed by atoms with E-state index in [9.17, 15) is 14.0 Å². The van der Waals surface area contributed by atoms with E-state index in [-0.39, 0.29) is 19.0 Å². The first-order valence-electron chi connectivity index (χ1n) is 10.7. The van der Waals surface area contributed by atoms with Crippen molar-refractivity contribution in [3.8, 4) is 5.75 Å². The summed E-state index contributed by atoms with van der Waals surface area (Å²) in [5.74, 6) is -0.176. The molecule has 2 aliphatic heterocycles. The third kappa shape index (κ3) is 4.26. The van der Waals surface area contributed by atoms with Crippen LogP contribution in [0.2, 0.25) is 0 Å². The summed E-state index contributed by atoms with van der Waals surface area (Å²) in [6.45, 7) is 2.72. The number of hydrogen-bond acceptors (Lipinski definition) is 5. The molecular formula is C24H26FN3O4. The van der Waals surface area contributed by atoms with E-state index < -0.39 is 18.0 Å². The normalized spacial score (nSPS) is 17.9. The Hall–Kier alpha value is -3.55. The first-order chi connectivity index (χ1) is 15.5. The van der Waals surface area contributed by atoms with E-state index in [0.29, 0.717) is 34.8 Å². The summed E-state index contributed by atoms with van der Waals surface area (Å²) in [5.41, 5.74) is 2.86. The van der Waals surface area contributed by atoms with Crippen molar-refractivity contribution < 1.29 is 23.5 Å². The Labute approximate surface area is 186 Å².